The predicted octanol–water partition coefficient (Wildman–Crippen LogP) is 3.74. The molecular formula is C20H31NO5S. The Labute approximate surface area is 162 Å². The van der Waals surface area contributed by atoms with Crippen molar-refractivity contribution in [3.05, 3.63) is 33.7 Å². The summed E-state index contributed by atoms with van der Waals surface area (Å²) in [6.45, 7) is 13.5. The average Bonchev–Trinajstić information content (AvgIpc) is 2.45. The van der Waals surface area contributed by atoms with Crippen molar-refractivity contribution < 1.29 is 23.4 Å². The first-order chi connectivity index (χ1) is 12.1. The lowest BCUT2D eigenvalue weighted by Gasteiger charge is -2.28. The predicted molar refractivity (Wildman–Crippen MR) is 108 cm³/mol. The topological polar surface area (TPSA) is 104 Å². The van der Waals surface area contributed by atoms with E-state index in [4.69, 9.17) is 5.11 Å². The lowest BCUT2D eigenvalue weighted by Crippen LogP contribution is -2.25. The van der Waals surface area contributed by atoms with Crippen LogP contribution in [0.2, 0.25) is 0 Å². The van der Waals surface area contributed by atoms with Crippen LogP contribution in [-0.2, 0) is 25.6 Å². The summed E-state index contributed by atoms with van der Waals surface area (Å²) in [5.74, 6) is -1.05. The summed E-state index contributed by atoms with van der Waals surface area (Å²) in [6, 6.07) is 3.43. The van der Waals surface area contributed by atoms with Crippen molar-refractivity contribution in [2.75, 3.05) is 6.54 Å². The first-order valence-electron chi connectivity index (χ1n) is 8.89. The molecule has 1 aromatic rings. The summed E-state index contributed by atoms with van der Waals surface area (Å²) in [7, 11) is -3.90. The van der Waals surface area contributed by atoms with Gasteiger partial charge in [-0.25, -0.2) is 13.1 Å². The first kappa shape index (κ1) is 23.2. The highest BCUT2D eigenvalue weighted by Gasteiger charge is 2.27. The van der Waals surface area contributed by atoms with Crippen LogP contribution in [0.3, 0.4) is 0 Å². The van der Waals surface area contributed by atoms with Crippen LogP contribution in [0.4, 0.5) is 0 Å². The van der Waals surface area contributed by atoms with E-state index in [2.05, 4.69) is 4.72 Å². The highest BCUT2D eigenvalue weighted by molar-refractivity contribution is 7.93. The van der Waals surface area contributed by atoms with E-state index in [1.807, 2.05) is 41.5 Å². The molecule has 0 spiro atoms. The van der Waals surface area contributed by atoms with Crippen LogP contribution < -0.4 is 4.72 Å². The Kier molecular flexibility index (Phi) is 6.89. The first-order valence-corrected chi connectivity index (χ1v) is 10.4. The fraction of sp³-hybridized carbons (Fsp3) is 0.550. The third kappa shape index (κ3) is 6.07. The van der Waals surface area contributed by atoms with Crippen molar-refractivity contribution in [1.82, 2.24) is 4.72 Å². The Hall–Kier alpha value is -1.86. The molecule has 6 nitrogen and oxygen atoms in total. The largest absolute Gasteiger partial charge is 0.507 e. The Bertz CT molecular complexity index is 805. The van der Waals surface area contributed by atoms with Crippen LogP contribution in [0.5, 0.6) is 5.75 Å². The van der Waals surface area contributed by atoms with E-state index in [0.717, 1.165) is 0 Å². The van der Waals surface area contributed by atoms with E-state index in [0.29, 0.717) is 16.7 Å². The van der Waals surface area contributed by atoms with Gasteiger partial charge in [-0.05, 0) is 34.6 Å². The molecule has 0 unspecified atom stereocenters. The number of nitrogens with one attached hydrogen (secondary N) is 1. The number of carboxylic acids is 1. The van der Waals surface area contributed by atoms with E-state index in [1.165, 1.54) is 6.08 Å². The lowest BCUT2D eigenvalue weighted by molar-refractivity contribution is -0.136. The maximum atomic E-state index is 12.4. The number of carbonyl (C=O) groups is 1. The quantitative estimate of drug-likeness (QED) is 0.678. The molecule has 0 aliphatic heterocycles. The van der Waals surface area contributed by atoms with Gasteiger partial charge in [0.2, 0.25) is 10.0 Å². The second-order valence-corrected chi connectivity index (χ2v) is 10.5. The number of carboxylic acid groups (broad SMARTS) is 1. The van der Waals surface area contributed by atoms with Crippen LogP contribution in [-0.4, -0.2) is 31.1 Å². The molecular weight excluding hydrogens is 366 g/mol. The molecule has 0 atom stereocenters. The van der Waals surface area contributed by atoms with Gasteiger partial charge in [-0.15, -0.1) is 0 Å². The zero-order valence-electron chi connectivity index (χ0n) is 17.2. The normalized spacial score (nSPS) is 13.7. The Balaban J connectivity index is 3.76. The van der Waals surface area contributed by atoms with Crippen molar-refractivity contribution in [1.29, 1.82) is 0 Å². The minimum Gasteiger partial charge on any atom is -0.507 e. The van der Waals surface area contributed by atoms with Crippen LogP contribution in [0.25, 0.3) is 6.08 Å². The summed E-state index contributed by atoms with van der Waals surface area (Å²) >= 11 is 0. The minimum atomic E-state index is -3.90. The van der Waals surface area contributed by atoms with Crippen molar-refractivity contribution >= 4 is 22.1 Å². The molecule has 0 amide bonds. The van der Waals surface area contributed by atoms with E-state index in [9.17, 15) is 18.3 Å². The van der Waals surface area contributed by atoms with Gasteiger partial charge >= 0.3 is 5.97 Å². The van der Waals surface area contributed by atoms with E-state index in [1.54, 1.807) is 19.1 Å². The van der Waals surface area contributed by atoms with E-state index < -0.39 is 22.4 Å². The van der Waals surface area contributed by atoms with Crippen LogP contribution in [0.15, 0.2) is 17.0 Å². The van der Waals surface area contributed by atoms with Crippen LogP contribution >= 0.6 is 0 Å². The molecule has 27 heavy (non-hydrogen) atoms. The number of aliphatic carboxylic acids is 1. The Morgan fingerprint density at radius 1 is 1.07 bits per heavy atom. The van der Waals surface area contributed by atoms with Crippen molar-refractivity contribution in [2.24, 2.45) is 0 Å². The number of benzene rings is 1. The SMILES string of the molecule is CCNS(=O)(=O)C(=Cc1cc(C(C)(C)C)c(O)c(C(C)(C)C)c1)CC(=O)O. The number of hydrogen-bond donors (Lipinski definition) is 3. The maximum absolute atomic E-state index is 12.4. The number of rotatable bonds is 6. The second kappa shape index (κ2) is 8.02. The van der Waals surface area contributed by atoms with E-state index in [-0.39, 0.29) is 28.0 Å². The van der Waals surface area contributed by atoms with Gasteiger partial charge < -0.3 is 10.2 Å². The highest BCUT2D eigenvalue weighted by Crippen LogP contribution is 2.40. The minimum absolute atomic E-state index is 0.162. The fourth-order valence-corrected chi connectivity index (χ4v) is 3.89. The smallest absolute Gasteiger partial charge is 0.308 e. The molecule has 3 N–H and O–H groups in total. The van der Waals surface area contributed by atoms with Gasteiger partial charge in [0.05, 0.1) is 11.3 Å². The summed E-state index contributed by atoms with van der Waals surface area (Å²) in [5, 5.41) is 19.9. The average molecular weight is 398 g/mol. The van der Waals surface area contributed by atoms with Gasteiger partial charge in [0.25, 0.3) is 0 Å². The number of hydrogen-bond acceptors (Lipinski definition) is 4. The van der Waals surface area contributed by atoms with Gasteiger partial charge in [-0.3, -0.25) is 4.79 Å². The molecule has 0 saturated carbocycles. The molecule has 0 bridgehead atoms. The third-order valence-electron chi connectivity index (χ3n) is 4.08. The van der Waals surface area contributed by atoms with Crippen LogP contribution in [0.1, 0.15) is 71.6 Å². The van der Waals surface area contributed by atoms with Crippen molar-refractivity contribution in [2.45, 2.75) is 65.7 Å². The van der Waals surface area contributed by atoms with Crippen molar-refractivity contribution in [3.8, 4) is 5.75 Å². The molecule has 0 radical (unpaired) electrons. The summed E-state index contributed by atoms with van der Waals surface area (Å²) in [5.41, 5.74) is 1.15. The van der Waals surface area contributed by atoms with Crippen molar-refractivity contribution in [3.63, 3.8) is 0 Å². The molecule has 7 heteroatoms. The monoisotopic (exact) mass is 397 g/mol. The Morgan fingerprint density at radius 3 is 1.85 bits per heavy atom. The summed E-state index contributed by atoms with van der Waals surface area (Å²) in [4.78, 5) is 11.0. The molecule has 0 aliphatic rings. The lowest BCUT2D eigenvalue weighted by atomic mass is 9.78. The molecule has 0 saturated heterocycles. The van der Waals surface area contributed by atoms with Gasteiger partial charge in [-0.1, -0.05) is 48.5 Å². The molecule has 0 aromatic heterocycles. The Morgan fingerprint density at radius 2 is 1.52 bits per heavy atom. The van der Waals surface area contributed by atoms with E-state index >= 15 is 0 Å². The third-order valence-corrected chi connectivity index (χ3v) is 5.70. The van der Waals surface area contributed by atoms with Gasteiger partial charge in [0, 0.05) is 17.7 Å². The zero-order valence-corrected chi connectivity index (χ0v) is 18.0. The molecule has 1 aromatic carbocycles. The molecule has 1 rings (SSSR count). The standard InChI is InChI=1S/C20H31NO5S/c1-8-21-27(25,26)14(12-17(22)23)9-13-10-15(19(2,3)4)18(24)16(11-13)20(5,6)7/h9-11,21,24H,8,12H2,1-7H3,(H,22,23). The molecule has 0 aliphatic carbocycles. The highest BCUT2D eigenvalue weighted by atomic mass is 32.2. The molecule has 152 valence electrons. The molecule has 0 heterocycles. The zero-order chi connectivity index (χ0) is 21.2. The number of phenolic OH excluding ortho intramolecular Hbond substituents is 1. The number of aromatic hydroxyl groups is 1. The van der Waals surface area contributed by atoms with Crippen LogP contribution in [0, 0.1) is 0 Å². The van der Waals surface area contributed by atoms with Gasteiger partial charge in [0.1, 0.15) is 5.75 Å². The number of phenols is 1. The maximum Gasteiger partial charge on any atom is 0.308 e. The molecule has 0 fully saturated rings. The van der Waals surface area contributed by atoms with Gasteiger partial charge in [-0.2, -0.15) is 0 Å². The summed E-state index contributed by atoms with van der Waals surface area (Å²) in [6.07, 6.45) is 0.752. The number of sulfonamides is 1. The summed E-state index contributed by atoms with van der Waals surface area (Å²) < 4.78 is 27.2. The second-order valence-electron chi connectivity index (χ2n) is 8.65. The van der Waals surface area contributed by atoms with Gasteiger partial charge in [0.15, 0.2) is 0 Å². The fourth-order valence-electron chi connectivity index (χ4n) is 2.72.